The quantitative estimate of drug-likeness (QED) is 0.635. The Balaban J connectivity index is 2.03. The van der Waals surface area contributed by atoms with Gasteiger partial charge in [0, 0.05) is 29.4 Å². The number of halogens is 1. The molecule has 106 valence electrons. The number of nitrogens with zero attached hydrogens (tertiary/aromatic N) is 2. The van der Waals surface area contributed by atoms with Gasteiger partial charge in [-0.3, -0.25) is 0 Å². The second kappa shape index (κ2) is 5.57. The zero-order valence-corrected chi connectivity index (χ0v) is 12.0. The minimum atomic E-state index is -0.416. The lowest BCUT2D eigenvalue weighted by atomic mass is 9.71. The van der Waals surface area contributed by atoms with Crippen molar-refractivity contribution in [3.8, 4) is 0 Å². The fraction of sp³-hybridized carbons (Fsp3) is 0.533. The van der Waals surface area contributed by atoms with Crippen LogP contribution in [0, 0.1) is 0 Å². The molecule has 2 fully saturated rings. The molecule has 1 aromatic rings. The van der Waals surface area contributed by atoms with Crippen LogP contribution in [0.15, 0.2) is 23.2 Å². The number of ether oxygens (including phenoxy) is 1. The lowest BCUT2D eigenvalue weighted by Gasteiger charge is -2.41. The van der Waals surface area contributed by atoms with Gasteiger partial charge < -0.3 is 9.64 Å². The fourth-order valence-electron chi connectivity index (χ4n) is 3.00. The van der Waals surface area contributed by atoms with Crippen molar-refractivity contribution in [3.05, 3.63) is 28.8 Å². The third kappa shape index (κ3) is 2.35. The summed E-state index contributed by atoms with van der Waals surface area (Å²) >= 11 is 6.16. The standard InChI is InChI=1S/C15H17ClN2O2/c16-12-2-3-14(18-6-8-20-9-7-18)13(10-12)15(17-11-19)4-1-5-15/h2-3,10H,1,4-9H2. The largest absolute Gasteiger partial charge is 0.378 e. The molecule has 0 N–H and O–H groups in total. The number of isocyanates is 1. The molecule has 0 atom stereocenters. The molecule has 0 amide bonds. The number of hydrogen-bond donors (Lipinski definition) is 0. The summed E-state index contributed by atoms with van der Waals surface area (Å²) in [4.78, 5) is 17.2. The van der Waals surface area contributed by atoms with Crippen molar-refractivity contribution < 1.29 is 9.53 Å². The van der Waals surface area contributed by atoms with Crippen molar-refractivity contribution in [3.63, 3.8) is 0 Å². The molecule has 1 saturated carbocycles. The predicted octanol–water partition coefficient (Wildman–Crippen LogP) is 2.89. The van der Waals surface area contributed by atoms with Gasteiger partial charge in [-0.25, -0.2) is 4.79 Å². The van der Waals surface area contributed by atoms with Crippen LogP contribution in [0.5, 0.6) is 0 Å². The lowest BCUT2D eigenvalue weighted by Crippen LogP contribution is -2.40. The summed E-state index contributed by atoms with van der Waals surface area (Å²) in [5, 5.41) is 0.685. The molecule has 2 aliphatic rings. The number of rotatable bonds is 3. The van der Waals surface area contributed by atoms with Gasteiger partial charge in [0.05, 0.1) is 13.2 Å². The van der Waals surface area contributed by atoms with Crippen molar-refractivity contribution in [2.24, 2.45) is 4.99 Å². The third-order valence-corrected chi connectivity index (χ3v) is 4.49. The smallest absolute Gasteiger partial charge is 0.235 e. The van der Waals surface area contributed by atoms with Gasteiger partial charge in [0.1, 0.15) is 5.54 Å². The molecule has 1 aromatic carbocycles. The van der Waals surface area contributed by atoms with Gasteiger partial charge in [0.25, 0.3) is 0 Å². The van der Waals surface area contributed by atoms with E-state index in [1.54, 1.807) is 6.08 Å². The van der Waals surface area contributed by atoms with E-state index in [1.807, 2.05) is 18.2 Å². The molecule has 0 aromatic heterocycles. The number of benzene rings is 1. The maximum atomic E-state index is 10.8. The van der Waals surface area contributed by atoms with E-state index in [9.17, 15) is 4.79 Å². The highest BCUT2D eigenvalue weighted by Gasteiger charge is 2.41. The number of morpholine rings is 1. The number of hydrogen-bond acceptors (Lipinski definition) is 4. The Labute approximate surface area is 123 Å². The van der Waals surface area contributed by atoms with Crippen molar-refractivity contribution >= 4 is 23.4 Å². The number of anilines is 1. The number of carbonyl (C=O) groups excluding carboxylic acids is 1. The van der Waals surface area contributed by atoms with Crippen LogP contribution in [-0.2, 0) is 15.1 Å². The summed E-state index contributed by atoms with van der Waals surface area (Å²) in [6.45, 7) is 3.17. The van der Waals surface area contributed by atoms with E-state index in [2.05, 4.69) is 9.89 Å². The van der Waals surface area contributed by atoms with Gasteiger partial charge in [-0.2, -0.15) is 4.99 Å². The molecule has 0 radical (unpaired) electrons. The summed E-state index contributed by atoms with van der Waals surface area (Å²) in [6.07, 6.45) is 4.61. The van der Waals surface area contributed by atoms with Crippen molar-refractivity contribution in [1.29, 1.82) is 0 Å². The monoisotopic (exact) mass is 292 g/mol. The van der Waals surface area contributed by atoms with Crippen LogP contribution < -0.4 is 4.90 Å². The average molecular weight is 293 g/mol. The van der Waals surface area contributed by atoms with E-state index in [1.165, 1.54) is 0 Å². The maximum Gasteiger partial charge on any atom is 0.235 e. The fourth-order valence-corrected chi connectivity index (χ4v) is 3.17. The van der Waals surface area contributed by atoms with E-state index < -0.39 is 5.54 Å². The highest BCUT2D eigenvalue weighted by Crippen LogP contribution is 2.48. The van der Waals surface area contributed by atoms with Gasteiger partial charge >= 0.3 is 0 Å². The van der Waals surface area contributed by atoms with Crippen molar-refractivity contribution in [1.82, 2.24) is 0 Å². The first-order valence-corrected chi connectivity index (χ1v) is 7.35. The highest BCUT2D eigenvalue weighted by atomic mass is 35.5. The molecule has 1 saturated heterocycles. The highest BCUT2D eigenvalue weighted by molar-refractivity contribution is 6.30. The summed E-state index contributed by atoms with van der Waals surface area (Å²) in [6, 6.07) is 5.88. The zero-order chi connectivity index (χ0) is 14.0. The Bertz CT molecular complexity index is 545. The van der Waals surface area contributed by atoms with Gasteiger partial charge in [-0.05, 0) is 37.5 Å². The van der Waals surface area contributed by atoms with Crippen LogP contribution in [0.3, 0.4) is 0 Å². The van der Waals surface area contributed by atoms with Gasteiger partial charge in [0.2, 0.25) is 6.08 Å². The molecule has 0 unspecified atom stereocenters. The summed E-state index contributed by atoms with van der Waals surface area (Å²) < 4.78 is 5.40. The van der Waals surface area contributed by atoms with Crippen LogP contribution in [0.4, 0.5) is 5.69 Å². The van der Waals surface area contributed by atoms with Crippen molar-refractivity contribution in [2.45, 2.75) is 24.8 Å². The zero-order valence-electron chi connectivity index (χ0n) is 11.3. The molecule has 0 spiro atoms. The Kier molecular flexibility index (Phi) is 3.79. The molecular formula is C15H17ClN2O2. The normalized spacial score (nSPS) is 20.9. The SMILES string of the molecule is O=C=NC1(c2cc(Cl)ccc2N2CCOCC2)CCC1. The van der Waals surface area contributed by atoms with E-state index in [0.29, 0.717) is 5.02 Å². The molecule has 1 aliphatic carbocycles. The second-order valence-electron chi connectivity index (χ2n) is 5.35. The van der Waals surface area contributed by atoms with Gasteiger partial charge in [-0.15, -0.1) is 0 Å². The molecule has 4 nitrogen and oxygen atoms in total. The molecule has 1 heterocycles. The third-order valence-electron chi connectivity index (χ3n) is 4.25. The molecule has 5 heteroatoms. The molecule has 0 bridgehead atoms. The predicted molar refractivity (Wildman–Crippen MR) is 78.1 cm³/mol. The Morgan fingerprint density at radius 2 is 2.05 bits per heavy atom. The van der Waals surface area contributed by atoms with Crippen LogP contribution in [0.1, 0.15) is 24.8 Å². The Morgan fingerprint density at radius 3 is 2.65 bits per heavy atom. The van der Waals surface area contributed by atoms with E-state index >= 15 is 0 Å². The van der Waals surface area contributed by atoms with E-state index in [0.717, 1.165) is 56.8 Å². The Hall–Kier alpha value is -1.35. The maximum absolute atomic E-state index is 10.8. The van der Waals surface area contributed by atoms with Crippen LogP contribution in [-0.4, -0.2) is 32.4 Å². The van der Waals surface area contributed by atoms with Crippen LogP contribution in [0.25, 0.3) is 0 Å². The molecule has 1 aliphatic heterocycles. The summed E-state index contributed by atoms with van der Waals surface area (Å²) in [7, 11) is 0. The molecule has 3 rings (SSSR count). The van der Waals surface area contributed by atoms with Crippen LogP contribution in [0.2, 0.25) is 5.02 Å². The van der Waals surface area contributed by atoms with Crippen LogP contribution >= 0.6 is 11.6 Å². The minimum absolute atomic E-state index is 0.416. The Morgan fingerprint density at radius 1 is 1.30 bits per heavy atom. The second-order valence-corrected chi connectivity index (χ2v) is 5.79. The first kappa shape index (κ1) is 13.6. The first-order valence-electron chi connectivity index (χ1n) is 6.97. The topological polar surface area (TPSA) is 41.9 Å². The lowest BCUT2D eigenvalue weighted by molar-refractivity contribution is 0.122. The van der Waals surface area contributed by atoms with Gasteiger partial charge in [-0.1, -0.05) is 11.6 Å². The van der Waals surface area contributed by atoms with Gasteiger partial charge in [0.15, 0.2) is 0 Å². The molecular weight excluding hydrogens is 276 g/mol. The molecule has 20 heavy (non-hydrogen) atoms. The summed E-state index contributed by atoms with van der Waals surface area (Å²) in [5.41, 5.74) is 1.76. The average Bonchev–Trinajstić information content (AvgIpc) is 2.44. The van der Waals surface area contributed by atoms with E-state index in [-0.39, 0.29) is 0 Å². The first-order chi connectivity index (χ1) is 9.75. The summed E-state index contributed by atoms with van der Waals surface area (Å²) in [5.74, 6) is 0. The van der Waals surface area contributed by atoms with E-state index in [4.69, 9.17) is 16.3 Å². The number of aliphatic imine (C=N–C) groups is 1. The van der Waals surface area contributed by atoms with Crippen molar-refractivity contribution in [2.75, 3.05) is 31.2 Å². The minimum Gasteiger partial charge on any atom is -0.378 e.